The number of pyridine rings is 1. The Morgan fingerprint density at radius 3 is 1.88 bits per heavy atom. The molecular weight excluding hydrogens is 444 g/mol. The molecule has 0 saturated heterocycles. The minimum Gasteiger partial charge on any atom is -0.354 e. The highest BCUT2D eigenvalue weighted by atomic mass is 32.2. The van der Waals surface area contributed by atoms with E-state index in [9.17, 15) is 13.2 Å². The van der Waals surface area contributed by atoms with Crippen LogP contribution in [-0.2, 0) is 14.6 Å². The van der Waals surface area contributed by atoms with Crippen molar-refractivity contribution in [3.8, 4) is 0 Å². The van der Waals surface area contributed by atoms with E-state index in [2.05, 4.69) is 10.3 Å². The lowest BCUT2D eigenvalue weighted by Gasteiger charge is -2.22. The molecule has 0 spiro atoms. The Bertz CT molecular complexity index is 1290. The molecule has 0 saturated carbocycles. The van der Waals surface area contributed by atoms with Crippen molar-refractivity contribution >= 4 is 15.7 Å². The molecule has 0 aliphatic carbocycles. The van der Waals surface area contributed by atoms with Crippen LogP contribution < -0.4 is 5.32 Å². The van der Waals surface area contributed by atoms with Crippen LogP contribution in [0.1, 0.15) is 33.4 Å². The normalized spacial score (nSPS) is 12.3. The summed E-state index contributed by atoms with van der Waals surface area (Å²) in [5.74, 6) is -0.815. The highest BCUT2D eigenvalue weighted by molar-refractivity contribution is 7.91. The lowest BCUT2D eigenvalue weighted by Crippen LogP contribution is -2.35. The van der Waals surface area contributed by atoms with E-state index in [-0.39, 0.29) is 17.3 Å². The van der Waals surface area contributed by atoms with E-state index in [0.717, 1.165) is 16.7 Å². The molecule has 1 atom stereocenters. The Morgan fingerprint density at radius 2 is 1.35 bits per heavy atom. The summed E-state index contributed by atoms with van der Waals surface area (Å²) in [6.45, 7) is 1.83. The summed E-state index contributed by atoms with van der Waals surface area (Å²) in [6, 6.07) is 29.1. The van der Waals surface area contributed by atoms with Crippen molar-refractivity contribution in [1.29, 1.82) is 0 Å². The lowest BCUT2D eigenvalue weighted by molar-refractivity contribution is -0.121. The predicted molar refractivity (Wildman–Crippen MR) is 133 cm³/mol. The van der Waals surface area contributed by atoms with E-state index in [1.165, 1.54) is 6.20 Å². The van der Waals surface area contributed by atoms with Gasteiger partial charge in [-0.15, -0.1) is 0 Å². The summed E-state index contributed by atoms with van der Waals surface area (Å²) in [4.78, 5) is 17.8. The first kappa shape index (κ1) is 23.4. The van der Waals surface area contributed by atoms with Crippen LogP contribution in [0.2, 0.25) is 0 Å². The Morgan fingerprint density at radius 1 is 0.794 bits per heavy atom. The molecule has 0 radical (unpaired) electrons. The molecule has 1 N–H and O–H groups in total. The molecule has 5 nitrogen and oxygen atoms in total. The van der Waals surface area contributed by atoms with Gasteiger partial charge in [0.2, 0.25) is 5.91 Å². The largest absolute Gasteiger partial charge is 0.354 e. The molecule has 1 aromatic heterocycles. The summed E-state index contributed by atoms with van der Waals surface area (Å²) in [7, 11) is -3.78. The second kappa shape index (κ2) is 10.4. The summed E-state index contributed by atoms with van der Waals surface area (Å²) >= 11 is 0. The van der Waals surface area contributed by atoms with Gasteiger partial charge in [0.05, 0.1) is 10.8 Å². The first-order valence-electron chi connectivity index (χ1n) is 11.0. The van der Waals surface area contributed by atoms with Crippen LogP contribution in [0.15, 0.2) is 114 Å². The van der Waals surface area contributed by atoms with Crippen LogP contribution in [0, 0.1) is 6.92 Å². The second-order valence-electron chi connectivity index (χ2n) is 8.13. The fraction of sp³-hybridized carbons (Fsp3) is 0.143. The first-order chi connectivity index (χ1) is 16.5. The van der Waals surface area contributed by atoms with Crippen LogP contribution in [-0.4, -0.2) is 25.9 Å². The number of aromatic nitrogens is 1. The molecule has 1 unspecified atom stereocenters. The number of hydrogen-bond acceptors (Lipinski definition) is 4. The molecule has 172 valence electrons. The number of aryl methyl sites for hydroxylation is 1. The predicted octanol–water partition coefficient (Wildman–Crippen LogP) is 4.85. The number of carbonyl (C=O) groups is 1. The van der Waals surface area contributed by atoms with Crippen molar-refractivity contribution in [2.75, 3.05) is 6.54 Å². The SMILES string of the molecule is Cc1ccc(S(=O)(=O)C(CNC(=O)C(c2ccccc2)c2ccccc2)c2cccnc2)cc1. The maximum absolute atomic E-state index is 13.6. The van der Waals surface area contributed by atoms with Gasteiger partial charge in [-0.05, 0) is 41.8 Å². The van der Waals surface area contributed by atoms with E-state index in [1.807, 2.05) is 67.6 Å². The van der Waals surface area contributed by atoms with Crippen LogP contribution in [0.25, 0.3) is 0 Å². The van der Waals surface area contributed by atoms with Crippen molar-refractivity contribution in [1.82, 2.24) is 10.3 Å². The maximum Gasteiger partial charge on any atom is 0.232 e. The van der Waals surface area contributed by atoms with Gasteiger partial charge in [-0.2, -0.15) is 0 Å². The number of sulfone groups is 1. The topological polar surface area (TPSA) is 76.1 Å². The van der Waals surface area contributed by atoms with Gasteiger partial charge in [0, 0.05) is 18.9 Å². The van der Waals surface area contributed by atoms with E-state index < -0.39 is 21.0 Å². The first-order valence-corrected chi connectivity index (χ1v) is 12.6. The zero-order chi connectivity index (χ0) is 24.0. The Labute approximate surface area is 200 Å². The molecule has 6 heteroatoms. The van der Waals surface area contributed by atoms with E-state index in [4.69, 9.17) is 0 Å². The average Bonchev–Trinajstić information content (AvgIpc) is 2.86. The van der Waals surface area contributed by atoms with Gasteiger partial charge in [0.25, 0.3) is 0 Å². The smallest absolute Gasteiger partial charge is 0.232 e. The van der Waals surface area contributed by atoms with Gasteiger partial charge in [-0.1, -0.05) is 84.4 Å². The van der Waals surface area contributed by atoms with Crippen molar-refractivity contribution in [2.24, 2.45) is 0 Å². The Kier molecular flexibility index (Phi) is 7.18. The van der Waals surface area contributed by atoms with Crippen molar-refractivity contribution in [3.05, 3.63) is 132 Å². The molecule has 0 aliphatic heterocycles. The summed E-state index contributed by atoms with van der Waals surface area (Å²) in [5, 5.41) is 1.95. The second-order valence-corrected chi connectivity index (χ2v) is 10.3. The molecule has 0 aliphatic rings. The van der Waals surface area contributed by atoms with E-state index in [0.29, 0.717) is 5.56 Å². The summed E-state index contributed by atoms with van der Waals surface area (Å²) < 4.78 is 27.2. The van der Waals surface area contributed by atoms with Crippen LogP contribution in [0.4, 0.5) is 0 Å². The minimum absolute atomic E-state index is 0.0725. The number of hydrogen-bond donors (Lipinski definition) is 1. The molecular formula is C28H26N2O3S. The highest BCUT2D eigenvalue weighted by Gasteiger charge is 2.31. The molecule has 4 aromatic rings. The molecule has 4 rings (SSSR count). The van der Waals surface area contributed by atoms with E-state index in [1.54, 1.807) is 42.6 Å². The van der Waals surface area contributed by atoms with Crippen molar-refractivity contribution < 1.29 is 13.2 Å². The number of amides is 1. The third-order valence-electron chi connectivity index (χ3n) is 5.77. The third-order valence-corrected chi connectivity index (χ3v) is 7.89. The number of carbonyl (C=O) groups excluding carboxylic acids is 1. The molecule has 1 amide bonds. The van der Waals surface area contributed by atoms with Gasteiger partial charge in [0.1, 0.15) is 5.25 Å². The number of nitrogens with one attached hydrogen (secondary N) is 1. The fourth-order valence-electron chi connectivity index (χ4n) is 3.95. The average molecular weight is 471 g/mol. The molecule has 0 fully saturated rings. The highest BCUT2D eigenvalue weighted by Crippen LogP contribution is 2.30. The van der Waals surface area contributed by atoms with Crippen LogP contribution >= 0.6 is 0 Å². The zero-order valence-electron chi connectivity index (χ0n) is 18.8. The van der Waals surface area contributed by atoms with Gasteiger partial charge < -0.3 is 5.32 Å². The standard InChI is InChI=1S/C28H26N2O3S/c1-21-14-16-25(17-15-21)34(32,33)26(24-13-8-18-29-19-24)20-30-28(31)27(22-9-4-2-5-10-22)23-11-6-3-7-12-23/h2-19,26-27H,20H2,1H3,(H,30,31). The van der Waals surface area contributed by atoms with E-state index >= 15 is 0 Å². The van der Waals surface area contributed by atoms with Gasteiger partial charge in [0.15, 0.2) is 9.84 Å². The monoisotopic (exact) mass is 470 g/mol. The van der Waals surface area contributed by atoms with Gasteiger partial charge in [-0.3, -0.25) is 9.78 Å². The summed E-state index contributed by atoms with van der Waals surface area (Å²) in [5.41, 5.74) is 3.18. The Hall–Kier alpha value is -3.77. The minimum atomic E-state index is -3.78. The molecule has 1 heterocycles. The number of rotatable bonds is 8. The van der Waals surface area contributed by atoms with Gasteiger partial charge >= 0.3 is 0 Å². The number of benzene rings is 3. The molecule has 34 heavy (non-hydrogen) atoms. The Balaban J connectivity index is 1.65. The van der Waals surface area contributed by atoms with Gasteiger partial charge in [-0.25, -0.2) is 8.42 Å². The van der Waals surface area contributed by atoms with Crippen molar-refractivity contribution in [2.45, 2.75) is 23.0 Å². The fourth-order valence-corrected chi connectivity index (χ4v) is 5.59. The van der Waals surface area contributed by atoms with Crippen LogP contribution in [0.5, 0.6) is 0 Å². The van der Waals surface area contributed by atoms with Crippen molar-refractivity contribution in [3.63, 3.8) is 0 Å². The third kappa shape index (κ3) is 5.24. The zero-order valence-corrected chi connectivity index (χ0v) is 19.7. The number of nitrogens with zero attached hydrogens (tertiary/aromatic N) is 1. The molecule has 0 bridgehead atoms. The quantitative estimate of drug-likeness (QED) is 0.399. The van der Waals surface area contributed by atoms with Crippen LogP contribution in [0.3, 0.4) is 0 Å². The molecule has 3 aromatic carbocycles. The summed E-state index contributed by atoms with van der Waals surface area (Å²) in [6.07, 6.45) is 3.13. The lowest BCUT2D eigenvalue weighted by atomic mass is 9.90. The maximum atomic E-state index is 13.6.